The summed E-state index contributed by atoms with van der Waals surface area (Å²) >= 11 is 0. The molecule has 0 saturated heterocycles. The first-order valence-corrected chi connectivity index (χ1v) is 7.76. The van der Waals surface area contributed by atoms with Crippen LogP contribution in [0.5, 0.6) is 0 Å². The predicted molar refractivity (Wildman–Crippen MR) is 72.8 cm³/mol. The number of aromatic nitrogens is 2. The Balaban J connectivity index is 1.66. The van der Waals surface area contributed by atoms with Gasteiger partial charge in [-0.25, -0.2) is 0 Å². The van der Waals surface area contributed by atoms with Crippen molar-refractivity contribution in [3.8, 4) is 0 Å². The van der Waals surface area contributed by atoms with Gasteiger partial charge in [0.05, 0.1) is 11.8 Å². The number of hydrogen-bond donors (Lipinski definition) is 0. The molecule has 0 amide bonds. The molecule has 4 aliphatic rings. The molecule has 1 heterocycles. The molecule has 4 bridgehead atoms. The van der Waals surface area contributed by atoms with Crippen molar-refractivity contribution >= 4 is 5.78 Å². The normalized spacial score (nSPS) is 39.7. The average molecular weight is 258 g/mol. The van der Waals surface area contributed by atoms with Crippen molar-refractivity contribution in [2.75, 3.05) is 0 Å². The van der Waals surface area contributed by atoms with Gasteiger partial charge in [0.15, 0.2) is 5.78 Å². The van der Waals surface area contributed by atoms with E-state index in [4.69, 9.17) is 0 Å². The highest BCUT2D eigenvalue weighted by atomic mass is 16.1. The maximum absolute atomic E-state index is 13.0. The number of ketones is 1. The zero-order valence-electron chi connectivity index (χ0n) is 11.6. The van der Waals surface area contributed by atoms with E-state index >= 15 is 0 Å². The molecule has 4 fully saturated rings. The molecule has 102 valence electrons. The van der Waals surface area contributed by atoms with Crippen LogP contribution in [0.3, 0.4) is 0 Å². The number of carbonyl (C=O) groups is 1. The Morgan fingerprint density at radius 1 is 1.26 bits per heavy atom. The molecular formula is C16H22N2O. The Morgan fingerprint density at radius 2 is 1.84 bits per heavy atom. The molecule has 0 atom stereocenters. The van der Waals surface area contributed by atoms with Crippen LogP contribution in [0.15, 0.2) is 12.4 Å². The maximum Gasteiger partial charge on any atom is 0.172 e. The van der Waals surface area contributed by atoms with Gasteiger partial charge in [0.2, 0.25) is 0 Å². The fraction of sp³-hybridized carbons (Fsp3) is 0.750. The maximum atomic E-state index is 13.0. The lowest BCUT2D eigenvalue weighted by atomic mass is 9.48. The molecule has 3 nitrogen and oxygen atoms in total. The largest absolute Gasteiger partial charge is 0.293 e. The van der Waals surface area contributed by atoms with Crippen LogP contribution in [0.4, 0.5) is 0 Å². The highest BCUT2D eigenvalue weighted by Gasteiger charge is 2.54. The molecule has 0 unspecified atom stereocenters. The van der Waals surface area contributed by atoms with E-state index in [1.807, 2.05) is 10.9 Å². The van der Waals surface area contributed by atoms with Crippen molar-refractivity contribution in [1.29, 1.82) is 0 Å². The Morgan fingerprint density at radius 3 is 2.32 bits per heavy atom. The second-order valence-corrected chi connectivity index (χ2v) is 7.11. The van der Waals surface area contributed by atoms with Gasteiger partial charge in [0.25, 0.3) is 0 Å². The molecule has 5 rings (SSSR count). The summed E-state index contributed by atoms with van der Waals surface area (Å²) in [7, 11) is 0. The number of Topliss-reactive ketones (excluding diaryl/α,β-unsaturated/α-hetero) is 1. The highest BCUT2D eigenvalue weighted by Crippen LogP contribution is 2.60. The van der Waals surface area contributed by atoms with Gasteiger partial charge >= 0.3 is 0 Å². The number of aryl methyl sites for hydroxylation is 1. The Kier molecular flexibility index (Phi) is 2.42. The van der Waals surface area contributed by atoms with Crippen molar-refractivity contribution in [2.24, 2.45) is 23.2 Å². The number of hydrogen-bond acceptors (Lipinski definition) is 2. The van der Waals surface area contributed by atoms with Crippen LogP contribution in [0.25, 0.3) is 0 Å². The van der Waals surface area contributed by atoms with Crippen molar-refractivity contribution in [1.82, 2.24) is 9.78 Å². The van der Waals surface area contributed by atoms with E-state index in [2.05, 4.69) is 12.0 Å². The third kappa shape index (κ3) is 1.70. The van der Waals surface area contributed by atoms with Crippen molar-refractivity contribution in [2.45, 2.75) is 52.0 Å². The lowest BCUT2D eigenvalue weighted by Gasteiger charge is -2.55. The molecule has 4 aliphatic carbocycles. The summed E-state index contributed by atoms with van der Waals surface area (Å²) < 4.78 is 1.87. The molecule has 19 heavy (non-hydrogen) atoms. The van der Waals surface area contributed by atoms with Crippen LogP contribution in [0, 0.1) is 23.2 Å². The van der Waals surface area contributed by atoms with Gasteiger partial charge in [-0.2, -0.15) is 5.10 Å². The van der Waals surface area contributed by atoms with Crippen LogP contribution < -0.4 is 0 Å². The van der Waals surface area contributed by atoms with Gasteiger partial charge in [-0.1, -0.05) is 0 Å². The second-order valence-electron chi connectivity index (χ2n) is 7.11. The fourth-order valence-corrected chi connectivity index (χ4v) is 5.35. The van der Waals surface area contributed by atoms with Gasteiger partial charge in [-0.05, 0) is 63.2 Å². The monoisotopic (exact) mass is 258 g/mol. The second kappa shape index (κ2) is 3.94. The molecule has 1 aromatic heterocycles. The molecule has 0 aliphatic heterocycles. The van der Waals surface area contributed by atoms with E-state index in [0.717, 1.165) is 49.1 Å². The minimum Gasteiger partial charge on any atom is -0.293 e. The zero-order valence-corrected chi connectivity index (χ0v) is 11.6. The fourth-order valence-electron chi connectivity index (χ4n) is 5.35. The Labute approximate surface area is 114 Å². The quantitative estimate of drug-likeness (QED) is 0.780. The molecule has 0 N–H and O–H groups in total. The van der Waals surface area contributed by atoms with Crippen molar-refractivity contribution in [3.05, 3.63) is 18.0 Å². The number of rotatable bonds is 3. The molecule has 0 aromatic carbocycles. The van der Waals surface area contributed by atoms with E-state index in [0.29, 0.717) is 5.78 Å². The lowest BCUT2D eigenvalue weighted by Crippen LogP contribution is -2.49. The predicted octanol–water partition coefficient (Wildman–Crippen LogP) is 3.30. The smallest absolute Gasteiger partial charge is 0.172 e. The Hall–Kier alpha value is -1.12. The van der Waals surface area contributed by atoms with Crippen LogP contribution >= 0.6 is 0 Å². The molecule has 0 radical (unpaired) electrons. The van der Waals surface area contributed by atoms with Gasteiger partial charge < -0.3 is 0 Å². The third-order valence-corrected chi connectivity index (χ3v) is 5.74. The summed E-state index contributed by atoms with van der Waals surface area (Å²) in [5.41, 5.74) is 0.833. The minimum absolute atomic E-state index is 0.0175. The summed E-state index contributed by atoms with van der Waals surface area (Å²) in [6.07, 6.45) is 11.3. The summed E-state index contributed by atoms with van der Waals surface area (Å²) in [6, 6.07) is 0. The van der Waals surface area contributed by atoms with Crippen LogP contribution in [0.2, 0.25) is 0 Å². The topological polar surface area (TPSA) is 34.9 Å². The van der Waals surface area contributed by atoms with Gasteiger partial charge in [0.1, 0.15) is 0 Å². The molecular weight excluding hydrogens is 236 g/mol. The summed E-state index contributed by atoms with van der Waals surface area (Å²) in [5.74, 6) is 2.88. The van der Waals surface area contributed by atoms with E-state index in [1.165, 1.54) is 19.3 Å². The average Bonchev–Trinajstić information content (AvgIpc) is 2.84. The summed E-state index contributed by atoms with van der Waals surface area (Å²) in [5, 5.41) is 4.28. The van der Waals surface area contributed by atoms with Crippen LogP contribution in [-0.2, 0) is 6.54 Å². The first kappa shape index (κ1) is 11.7. The van der Waals surface area contributed by atoms with E-state index in [9.17, 15) is 4.79 Å². The SMILES string of the molecule is CCn1cc(C(=O)C23CC4CC(CC(C4)C2)C3)cn1. The molecule has 4 saturated carbocycles. The zero-order chi connectivity index (χ0) is 13.0. The number of nitrogens with zero attached hydrogens (tertiary/aromatic N) is 2. The summed E-state index contributed by atoms with van der Waals surface area (Å²) in [4.78, 5) is 13.0. The van der Waals surface area contributed by atoms with Gasteiger partial charge in [-0.3, -0.25) is 9.48 Å². The lowest BCUT2D eigenvalue weighted by molar-refractivity contribution is -0.0353. The summed E-state index contributed by atoms with van der Waals surface area (Å²) in [6.45, 7) is 2.90. The Bertz CT molecular complexity index is 481. The van der Waals surface area contributed by atoms with E-state index < -0.39 is 0 Å². The third-order valence-electron chi connectivity index (χ3n) is 5.74. The highest BCUT2D eigenvalue weighted by molar-refractivity contribution is 6.00. The van der Waals surface area contributed by atoms with Gasteiger partial charge in [-0.15, -0.1) is 0 Å². The molecule has 1 aromatic rings. The minimum atomic E-state index is -0.0175. The van der Waals surface area contributed by atoms with Crippen LogP contribution in [-0.4, -0.2) is 15.6 Å². The van der Waals surface area contributed by atoms with Crippen molar-refractivity contribution in [3.63, 3.8) is 0 Å². The van der Waals surface area contributed by atoms with E-state index in [-0.39, 0.29) is 5.41 Å². The molecule has 3 heteroatoms. The van der Waals surface area contributed by atoms with Gasteiger partial charge in [0, 0.05) is 18.2 Å². The first-order valence-electron chi connectivity index (χ1n) is 7.76. The molecule has 0 spiro atoms. The standard InChI is InChI=1S/C16H22N2O/c1-2-18-10-14(9-17-18)15(19)16-6-11-3-12(7-16)5-13(4-11)8-16/h9-13H,2-8H2,1H3. The van der Waals surface area contributed by atoms with Crippen LogP contribution in [0.1, 0.15) is 55.8 Å². The van der Waals surface area contributed by atoms with E-state index in [1.54, 1.807) is 6.20 Å². The number of carbonyl (C=O) groups excluding carboxylic acids is 1. The van der Waals surface area contributed by atoms with Crippen molar-refractivity contribution < 1.29 is 4.79 Å². The first-order chi connectivity index (χ1) is 9.18.